The first-order chi connectivity index (χ1) is 38.2. The van der Waals surface area contributed by atoms with Gasteiger partial charge in [-0.05, 0) is 59.6 Å². The molecule has 422 valence electrons. The zero-order valence-electron chi connectivity index (χ0n) is 46.4. The molecule has 0 fully saturated rings. The van der Waals surface area contributed by atoms with Crippen LogP contribution in [0.2, 0.25) is 0 Å². The molecule has 0 aliphatic rings. The first-order valence-corrected chi connectivity index (χ1v) is 26.7. The third kappa shape index (κ3) is 18.3. The van der Waals surface area contributed by atoms with Crippen LogP contribution in [0.1, 0.15) is 98.6 Å². The van der Waals surface area contributed by atoms with Crippen molar-refractivity contribution < 1.29 is 52.1 Å². The van der Waals surface area contributed by atoms with Gasteiger partial charge in [-0.15, -0.1) is 0 Å². The number of ether oxygens (including phenoxy) is 3. The van der Waals surface area contributed by atoms with Crippen molar-refractivity contribution in [1.82, 2.24) is 21.3 Å². The Hall–Kier alpha value is -8.57. The Bertz CT molecular complexity index is 3320. The molecule has 4 amide bonds. The highest BCUT2D eigenvalue weighted by molar-refractivity contribution is 5.95. The van der Waals surface area contributed by atoms with Gasteiger partial charge in [-0.2, -0.15) is 0 Å². The van der Waals surface area contributed by atoms with Gasteiger partial charge in [-0.1, -0.05) is 157 Å². The molecule has 0 saturated heterocycles. The van der Waals surface area contributed by atoms with Crippen LogP contribution >= 0.6 is 0 Å². The molecule has 0 saturated carbocycles. The summed E-state index contributed by atoms with van der Waals surface area (Å²) in [4.78, 5) is 92.5. The number of aryl methyl sites for hydroxylation is 1. The van der Waals surface area contributed by atoms with E-state index >= 15 is 0 Å². The maximum atomic E-state index is 13.6. The Morgan fingerprint density at radius 2 is 1.07 bits per heavy atom. The van der Waals surface area contributed by atoms with Gasteiger partial charge in [0.2, 0.25) is 23.5 Å². The molecule has 17 heteroatoms. The lowest BCUT2D eigenvalue weighted by Gasteiger charge is -2.33. The summed E-state index contributed by atoms with van der Waals surface area (Å²) < 4.78 is 28.8. The number of benzene rings is 5. The number of aliphatic hydroxyl groups excluding tert-OH is 1. The fourth-order valence-corrected chi connectivity index (χ4v) is 8.83. The molecule has 7 aromatic rings. The topological polar surface area (TPSA) is 242 Å². The molecule has 3 atom stereocenters. The lowest BCUT2D eigenvalue weighted by Crippen LogP contribution is -2.55. The fraction of sp³-hybridized carbons (Fsp3) is 0.349. The van der Waals surface area contributed by atoms with Gasteiger partial charge >= 0.3 is 5.97 Å². The van der Waals surface area contributed by atoms with E-state index in [2.05, 4.69) is 61.1 Å². The van der Waals surface area contributed by atoms with E-state index < -0.39 is 52.7 Å². The van der Waals surface area contributed by atoms with Crippen LogP contribution in [0, 0.1) is 17.8 Å². The number of aliphatic hydroxyl groups is 1. The molecule has 80 heavy (non-hydrogen) atoms. The first-order valence-electron chi connectivity index (χ1n) is 26.7. The van der Waals surface area contributed by atoms with Gasteiger partial charge in [0.25, 0.3) is 5.91 Å². The summed E-state index contributed by atoms with van der Waals surface area (Å²) in [5.74, 6) is -3.26. The number of amides is 4. The number of hydrogen-bond donors (Lipinski definition) is 5. The smallest absolute Gasteiger partial charge is 0.374 e. The standard InChI is InChI=1S/C56H64N4O13.C7H8/c1-7-48(64)59-39(28-36-19-13-10-14-20-36)52(66)60-38(27-35-17-11-9-12-18-35)51(65)57-25-26-58-53(67)46-29-40(62)49-42(21-15-23-44(49)72-46)69-31-37(61)32-70-43-22-16-24-45-50(43)41(63)30-47(73-45)54(68)71-34-56(5,6)33-55(3,4)8-2;1-7-5-3-2-4-6-7/h9-24,29-30,37-39,61H,7-8,25-28,31-34H2,1-6H3,(H,57,65)(H,58,67)(H,59,64)(H,60,66);2-6H,1H3/t37?,38-,39?;/m1./s1. The van der Waals surface area contributed by atoms with Crippen LogP contribution in [0.3, 0.4) is 0 Å². The van der Waals surface area contributed by atoms with Gasteiger partial charge in [0.1, 0.15) is 64.8 Å². The third-order valence-corrected chi connectivity index (χ3v) is 13.0. The Kier molecular flexibility index (Phi) is 21.9. The zero-order chi connectivity index (χ0) is 57.8. The highest BCUT2D eigenvalue weighted by Gasteiger charge is 2.31. The monoisotopic (exact) mass is 1090 g/mol. The lowest BCUT2D eigenvalue weighted by atomic mass is 9.74. The summed E-state index contributed by atoms with van der Waals surface area (Å²) in [6.07, 6.45) is 1.06. The van der Waals surface area contributed by atoms with Crippen LogP contribution in [0.4, 0.5) is 0 Å². The minimum absolute atomic E-state index is 0.0144. The number of carbonyl (C=O) groups is 5. The Labute approximate surface area is 465 Å². The molecular formula is C63H72N4O13. The van der Waals surface area contributed by atoms with E-state index in [0.29, 0.717) is 0 Å². The SMILES string of the molecule is CCC(=O)NC(Cc1ccccc1)C(=O)N[C@H](Cc1ccccc1)C(=O)NCCNC(=O)c1cc(=O)c2c(OCC(O)COc3cccc4oc(C(=O)OCC(C)(C)CC(C)(C)CC)cc(=O)c34)cccc2o1.Cc1ccccc1. The average molecular weight is 1090 g/mol. The van der Waals surface area contributed by atoms with Gasteiger partial charge in [-0.25, -0.2) is 4.79 Å². The predicted molar refractivity (Wildman–Crippen MR) is 306 cm³/mol. The first kappa shape index (κ1) is 60.7. The van der Waals surface area contributed by atoms with Crippen molar-refractivity contribution in [2.24, 2.45) is 10.8 Å². The minimum Gasteiger partial charge on any atom is -0.490 e. The zero-order valence-corrected chi connectivity index (χ0v) is 46.4. The fourth-order valence-electron chi connectivity index (χ4n) is 8.83. The van der Waals surface area contributed by atoms with Crippen LogP contribution in [0.25, 0.3) is 21.9 Å². The van der Waals surface area contributed by atoms with Gasteiger partial charge in [-0.3, -0.25) is 28.8 Å². The number of hydrogen-bond acceptors (Lipinski definition) is 13. The van der Waals surface area contributed by atoms with Crippen LogP contribution in [-0.4, -0.2) is 85.8 Å². The van der Waals surface area contributed by atoms with E-state index in [-0.39, 0.29) is 114 Å². The summed E-state index contributed by atoms with van der Waals surface area (Å²) in [7, 11) is 0. The molecule has 5 aromatic carbocycles. The molecule has 0 aliphatic carbocycles. The van der Waals surface area contributed by atoms with Crippen LogP contribution in [0.15, 0.2) is 158 Å². The highest BCUT2D eigenvalue weighted by Crippen LogP contribution is 2.36. The molecule has 2 heterocycles. The Morgan fingerprint density at radius 3 is 1.57 bits per heavy atom. The molecule has 0 spiro atoms. The van der Waals surface area contributed by atoms with Crippen molar-refractivity contribution in [3.8, 4) is 11.5 Å². The van der Waals surface area contributed by atoms with Crippen molar-refractivity contribution in [2.45, 2.75) is 98.8 Å². The van der Waals surface area contributed by atoms with Crippen molar-refractivity contribution in [3.63, 3.8) is 0 Å². The normalized spacial score (nSPS) is 12.4. The summed E-state index contributed by atoms with van der Waals surface area (Å²) in [6.45, 7) is 13.6. The van der Waals surface area contributed by atoms with Gasteiger partial charge in [0.05, 0.1) is 6.61 Å². The van der Waals surface area contributed by atoms with Crippen molar-refractivity contribution in [2.75, 3.05) is 32.9 Å². The summed E-state index contributed by atoms with van der Waals surface area (Å²) in [5.41, 5.74) is 1.66. The summed E-state index contributed by atoms with van der Waals surface area (Å²) in [6, 6.07) is 37.8. The van der Waals surface area contributed by atoms with Gasteiger partial charge < -0.3 is 49.4 Å². The van der Waals surface area contributed by atoms with Gasteiger partial charge in [0, 0.05) is 44.5 Å². The number of nitrogens with one attached hydrogen (secondary N) is 4. The molecule has 0 bridgehead atoms. The molecule has 0 aliphatic heterocycles. The number of rotatable bonds is 25. The van der Waals surface area contributed by atoms with E-state index in [9.17, 15) is 38.7 Å². The second kappa shape index (κ2) is 28.9. The van der Waals surface area contributed by atoms with E-state index in [0.717, 1.165) is 36.1 Å². The summed E-state index contributed by atoms with van der Waals surface area (Å²) in [5, 5.41) is 21.9. The summed E-state index contributed by atoms with van der Waals surface area (Å²) >= 11 is 0. The number of esters is 1. The van der Waals surface area contributed by atoms with E-state index in [1.54, 1.807) is 19.1 Å². The Morgan fingerprint density at radius 1 is 0.588 bits per heavy atom. The largest absolute Gasteiger partial charge is 0.490 e. The molecule has 0 radical (unpaired) electrons. The average Bonchev–Trinajstić information content (AvgIpc) is 3.44. The predicted octanol–water partition coefficient (Wildman–Crippen LogP) is 8.43. The Balaban J connectivity index is 0.00000136. The van der Waals surface area contributed by atoms with E-state index in [1.807, 2.05) is 92.7 Å². The van der Waals surface area contributed by atoms with E-state index in [1.165, 1.54) is 29.8 Å². The molecular weight excluding hydrogens is 1020 g/mol. The van der Waals surface area contributed by atoms with Crippen LogP contribution in [-0.2, 0) is 32.0 Å². The quantitative estimate of drug-likeness (QED) is 0.0267. The molecule has 2 aromatic heterocycles. The van der Waals surface area contributed by atoms with Crippen molar-refractivity contribution in [1.29, 1.82) is 0 Å². The number of fused-ring (bicyclic) bond motifs is 2. The maximum absolute atomic E-state index is 13.6. The maximum Gasteiger partial charge on any atom is 0.374 e. The highest BCUT2D eigenvalue weighted by atomic mass is 16.5. The molecule has 7 rings (SSSR count). The third-order valence-electron chi connectivity index (χ3n) is 13.0. The number of carbonyl (C=O) groups excluding carboxylic acids is 5. The van der Waals surface area contributed by atoms with Crippen molar-refractivity contribution >= 4 is 51.5 Å². The second-order valence-electron chi connectivity index (χ2n) is 21.0. The van der Waals surface area contributed by atoms with Crippen LogP contribution < -0.4 is 41.6 Å². The van der Waals surface area contributed by atoms with Crippen LogP contribution in [0.5, 0.6) is 11.5 Å². The van der Waals surface area contributed by atoms with E-state index in [4.69, 9.17) is 23.0 Å². The molecule has 17 nitrogen and oxygen atoms in total. The second-order valence-corrected chi connectivity index (χ2v) is 21.0. The van der Waals surface area contributed by atoms with Crippen molar-refractivity contribution in [3.05, 3.63) is 188 Å². The molecule has 2 unspecified atom stereocenters. The van der Waals surface area contributed by atoms with Gasteiger partial charge in [0.15, 0.2) is 16.6 Å². The molecule has 5 N–H and O–H groups in total. The lowest BCUT2D eigenvalue weighted by molar-refractivity contribution is -0.132. The minimum atomic E-state index is -1.25.